The molecule has 2 aromatic heterocycles. The second kappa shape index (κ2) is 6.23. The number of anilines is 1. The minimum Gasteiger partial charge on any atom is -0.368 e. The lowest BCUT2D eigenvalue weighted by atomic mass is 9.89. The second-order valence-corrected chi connectivity index (χ2v) is 7.55. The fourth-order valence-corrected chi connectivity index (χ4v) is 4.89. The summed E-state index contributed by atoms with van der Waals surface area (Å²) in [5, 5.41) is 0. The Labute approximate surface area is 159 Å². The highest BCUT2D eigenvalue weighted by molar-refractivity contribution is 5.82. The van der Waals surface area contributed by atoms with E-state index in [1.807, 2.05) is 23.2 Å². The van der Waals surface area contributed by atoms with Crippen LogP contribution in [0.15, 0.2) is 49.3 Å². The Morgan fingerprint density at radius 3 is 3.15 bits per heavy atom. The van der Waals surface area contributed by atoms with E-state index in [4.69, 9.17) is 4.74 Å². The Kier molecular flexibility index (Phi) is 3.82. The van der Waals surface area contributed by atoms with E-state index in [0.717, 1.165) is 37.3 Å². The summed E-state index contributed by atoms with van der Waals surface area (Å²) in [5.41, 5.74) is 2.02. The van der Waals surface area contributed by atoms with Crippen molar-refractivity contribution in [3.05, 3.63) is 55.0 Å². The SMILES string of the molecule is C=CCN1c2cccnc2-n2cccc2C12CCN(C(=O)[C@H]1CCCO1)C2. The van der Waals surface area contributed by atoms with Gasteiger partial charge in [0.05, 0.1) is 11.4 Å². The molecule has 2 fully saturated rings. The average Bonchev–Trinajstić information content (AvgIpc) is 3.46. The largest absolute Gasteiger partial charge is 0.368 e. The van der Waals surface area contributed by atoms with Gasteiger partial charge in [-0.05, 0) is 43.5 Å². The summed E-state index contributed by atoms with van der Waals surface area (Å²) in [4.78, 5) is 22.0. The minimum atomic E-state index is -0.266. The van der Waals surface area contributed by atoms with E-state index in [2.05, 4.69) is 45.4 Å². The highest BCUT2D eigenvalue weighted by Crippen LogP contribution is 2.47. The first-order valence-electron chi connectivity index (χ1n) is 9.67. The third-order valence-electron chi connectivity index (χ3n) is 6.10. The summed E-state index contributed by atoms with van der Waals surface area (Å²) < 4.78 is 7.83. The average molecular weight is 364 g/mol. The molecule has 1 spiro atoms. The third-order valence-corrected chi connectivity index (χ3v) is 6.10. The summed E-state index contributed by atoms with van der Waals surface area (Å²) in [6.45, 7) is 6.79. The number of carbonyl (C=O) groups is 1. The van der Waals surface area contributed by atoms with Crippen molar-refractivity contribution in [2.45, 2.75) is 30.9 Å². The molecule has 1 amide bonds. The van der Waals surface area contributed by atoms with Crippen molar-refractivity contribution in [3.8, 4) is 5.82 Å². The van der Waals surface area contributed by atoms with Crippen LogP contribution in [0.5, 0.6) is 0 Å². The summed E-state index contributed by atoms with van der Waals surface area (Å²) in [5.74, 6) is 1.08. The molecule has 3 aliphatic rings. The molecule has 3 aliphatic heterocycles. The van der Waals surface area contributed by atoms with Gasteiger partial charge in [-0.15, -0.1) is 6.58 Å². The number of aromatic nitrogens is 2. The van der Waals surface area contributed by atoms with Gasteiger partial charge in [0.25, 0.3) is 5.91 Å². The predicted octanol–water partition coefficient (Wildman–Crippen LogP) is 2.48. The van der Waals surface area contributed by atoms with Crippen molar-refractivity contribution in [1.82, 2.24) is 14.5 Å². The number of likely N-dealkylation sites (tertiary alicyclic amines) is 1. The lowest BCUT2D eigenvalue weighted by molar-refractivity contribution is -0.140. The fourth-order valence-electron chi connectivity index (χ4n) is 4.89. The van der Waals surface area contributed by atoms with Crippen molar-refractivity contribution < 1.29 is 9.53 Å². The quantitative estimate of drug-likeness (QED) is 0.785. The third kappa shape index (κ3) is 2.36. The van der Waals surface area contributed by atoms with E-state index in [1.165, 1.54) is 5.69 Å². The number of hydrogen-bond donors (Lipinski definition) is 0. The molecule has 0 bridgehead atoms. The van der Waals surface area contributed by atoms with Gasteiger partial charge in [0.15, 0.2) is 5.82 Å². The first-order valence-corrected chi connectivity index (χ1v) is 9.67. The van der Waals surface area contributed by atoms with Crippen LogP contribution < -0.4 is 4.90 Å². The summed E-state index contributed by atoms with van der Waals surface area (Å²) >= 11 is 0. The maximum atomic E-state index is 13.0. The molecule has 6 heteroatoms. The molecular weight excluding hydrogens is 340 g/mol. The molecule has 2 atom stereocenters. The van der Waals surface area contributed by atoms with E-state index < -0.39 is 0 Å². The van der Waals surface area contributed by atoms with Gasteiger partial charge in [-0.3, -0.25) is 4.79 Å². The Balaban J connectivity index is 1.56. The maximum Gasteiger partial charge on any atom is 0.251 e. The van der Waals surface area contributed by atoms with Crippen LogP contribution in [0, 0.1) is 0 Å². The highest BCUT2D eigenvalue weighted by atomic mass is 16.5. The molecular formula is C21H24N4O2. The summed E-state index contributed by atoms with van der Waals surface area (Å²) in [6, 6.07) is 8.31. The number of hydrogen-bond acceptors (Lipinski definition) is 4. The maximum absolute atomic E-state index is 13.0. The van der Waals surface area contributed by atoms with Crippen molar-refractivity contribution in [2.75, 3.05) is 31.1 Å². The number of carbonyl (C=O) groups excluding carboxylic acids is 1. The van der Waals surface area contributed by atoms with Crippen molar-refractivity contribution in [3.63, 3.8) is 0 Å². The number of pyridine rings is 1. The van der Waals surface area contributed by atoms with Crippen molar-refractivity contribution in [1.29, 1.82) is 0 Å². The first kappa shape index (κ1) is 16.6. The zero-order valence-electron chi connectivity index (χ0n) is 15.4. The van der Waals surface area contributed by atoms with Crippen LogP contribution in [-0.4, -0.2) is 52.7 Å². The first-order chi connectivity index (χ1) is 13.2. The van der Waals surface area contributed by atoms with Gasteiger partial charge in [0.2, 0.25) is 0 Å². The van der Waals surface area contributed by atoms with Gasteiger partial charge in [-0.2, -0.15) is 0 Å². The summed E-state index contributed by atoms with van der Waals surface area (Å²) in [6.07, 6.45) is 8.26. The van der Waals surface area contributed by atoms with E-state index >= 15 is 0 Å². The molecule has 0 aliphatic carbocycles. The molecule has 2 saturated heterocycles. The van der Waals surface area contributed by atoms with Crippen molar-refractivity contribution in [2.24, 2.45) is 0 Å². The fraction of sp³-hybridized carbons (Fsp3) is 0.429. The van der Waals surface area contributed by atoms with Crippen LogP contribution in [0.3, 0.4) is 0 Å². The van der Waals surface area contributed by atoms with Gasteiger partial charge in [-0.25, -0.2) is 4.98 Å². The molecule has 0 aromatic carbocycles. The van der Waals surface area contributed by atoms with Gasteiger partial charge < -0.3 is 19.1 Å². The number of rotatable bonds is 3. The minimum absolute atomic E-state index is 0.137. The Bertz CT molecular complexity index is 886. The zero-order chi connectivity index (χ0) is 18.4. The van der Waals surface area contributed by atoms with Crippen LogP contribution in [-0.2, 0) is 15.1 Å². The Hall–Kier alpha value is -2.60. The molecule has 5 heterocycles. The van der Waals surface area contributed by atoms with Crippen LogP contribution in [0.25, 0.3) is 5.82 Å². The molecule has 5 rings (SSSR count). The topological polar surface area (TPSA) is 50.6 Å². The van der Waals surface area contributed by atoms with Gasteiger partial charge in [0.1, 0.15) is 11.6 Å². The van der Waals surface area contributed by atoms with Gasteiger partial charge in [0, 0.05) is 38.6 Å². The Morgan fingerprint density at radius 2 is 2.33 bits per heavy atom. The predicted molar refractivity (Wildman–Crippen MR) is 103 cm³/mol. The van der Waals surface area contributed by atoms with Gasteiger partial charge in [-0.1, -0.05) is 6.08 Å². The lowest BCUT2D eigenvalue weighted by Crippen LogP contribution is -2.53. The molecule has 0 saturated carbocycles. The van der Waals surface area contributed by atoms with E-state index in [-0.39, 0.29) is 17.6 Å². The molecule has 140 valence electrons. The molecule has 2 aromatic rings. The normalized spacial score (nSPS) is 26.3. The van der Waals surface area contributed by atoms with Crippen LogP contribution in [0.1, 0.15) is 25.0 Å². The van der Waals surface area contributed by atoms with E-state index in [9.17, 15) is 4.79 Å². The highest BCUT2D eigenvalue weighted by Gasteiger charge is 2.51. The summed E-state index contributed by atoms with van der Waals surface area (Å²) in [7, 11) is 0. The van der Waals surface area contributed by atoms with Crippen LogP contribution in [0.2, 0.25) is 0 Å². The number of fused-ring (bicyclic) bond motifs is 4. The van der Waals surface area contributed by atoms with Crippen molar-refractivity contribution >= 4 is 11.6 Å². The lowest BCUT2D eigenvalue weighted by Gasteiger charge is -2.46. The monoisotopic (exact) mass is 364 g/mol. The van der Waals surface area contributed by atoms with Crippen LogP contribution in [0.4, 0.5) is 5.69 Å². The smallest absolute Gasteiger partial charge is 0.251 e. The molecule has 0 N–H and O–H groups in total. The standard InChI is InChI=1S/C21H24N4O2/c1-2-11-25-16-6-3-10-22-19(16)24-12-4-8-18(24)21(25)9-13-23(15-21)20(26)17-7-5-14-27-17/h2-4,6,8,10,12,17H,1,5,7,9,11,13-15H2/t17-,21?/m1/s1. The molecule has 1 unspecified atom stereocenters. The van der Waals surface area contributed by atoms with Gasteiger partial charge >= 0.3 is 0 Å². The van der Waals surface area contributed by atoms with Crippen LogP contribution >= 0.6 is 0 Å². The molecule has 0 radical (unpaired) electrons. The second-order valence-electron chi connectivity index (χ2n) is 7.55. The number of amides is 1. The zero-order valence-corrected chi connectivity index (χ0v) is 15.4. The molecule has 6 nitrogen and oxygen atoms in total. The van der Waals surface area contributed by atoms with E-state index in [1.54, 1.807) is 0 Å². The number of ether oxygens (including phenoxy) is 1. The number of nitrogens with zero attached hydrogens (tertiary/aromatic N) is 4. The van der Waals surface area contributed by atoms with E-state index in [0.29, 0.717) is 19.7 Å². The molecule has 27 heavy (non-hydrogen) atoms. The Morgan fingerprint density at radius 1 is 1.41 bits per heavy atom.